The molecular weight excluding hydrogens is 280 g/mol. The number of fused-ring (bicyclic) bond motifs is 1. The van der Waals surface area contributed by atoms with E-state index in [0.29, 0.717) is 18.8 Å². The van der Waals surface area contributed by atoms with Gasteiger partial charge in [-0.15, -0.1) is 0 Å². The van der Waals surface area contributed by atoms with Gasteiger partial charge >= 0.3 is 0 Å². The maximum Gasteiger partial charge on any atom is 0.294 e. The van der Waals surface area contributed by atoms with Gasteiger partial charge in [0.1, 0.15) is 6.04 Å². The molecule has 2 heterocycles. The molecule has 1 aromatic heterocycles. The van der Waals surface area contributed by atoms with Crippen molar-refractivity contribution in [2.45, 2.75) is 45.6 Å². The summed E-state index contributed by atoms with van der Waals surface area (Å²) in [5.74, 6) is 0.377. The third-order valence-electron chi connectivity index (χ3n) is 4.48. The van der Waals surface area contributed by atoms with E-state index in [-0.39, 0.29) is 16.9 Å². The predicted molar refractivity (Wildman–Crippen MR) is 87.6 cm³/mol. The first-order valence-corrected chi connectivity index (χ1v) is 7.67. The average Bonchev–Trinajstić information content (AvgIpc) is 2.73. The number of aromatic nitrogens is 2. The number of amides is 1. The molecule has 0 radical (unpaired) electrons. The van der Waals surface area contributed by atoms with Crippen molar-refractivity contribution >= 4 is 11.7 Å². The van der Waals surface area contributed by atoms with Crippen LogP contribution in [0.25, 0.3) is 0 Å². The van der Waals surface area contributed by atoms with Gasteiger partial charge in [-0.2, -0.15) is 0 Å². The molecule has 1 aromatic rings. The fraction of sp³-hybridized carbons (Fsp3) is 0.688. The topological polar surface area (TPSA) is 58.4 Å². The molecule has 6 heteroatoms. The Kier molecular flexibility index (Phi) is 4.06. The van der Waals surface area contributed by atoms with Crippen LogP contribution < -0.4 is 10.5 Å². The third-order valence-corrected chi connectivity index (χ3v) is 4.48. The van der Waals surface area contributed by atoms with Crippen LogP contribution >= 0.6 is 0 Å². The van der Waals surface area contributed by atoms with Crippen LogP contribution in [0, 0.1) is 6.92 Å². The number of nitrogens with zero attached hydrogens (tertiary/aromatic N) is 4. The second-order valence-corrected chi connectivity index (χ2v) is 6.90. The number of carbonyl (C=O) groups excluding carboxylic acids is 1. The maximum absolute atomic E-state index is 12.9. The van der Waals surface area contributed by atoms with Crippen molar-refractivity contribution in [2.24, 2.45) is 0 Å². The van der Waals surface area contributed by atoms with Crippen molar-refractivity contribution in [2.75, 3.05) is 32.6 Å². The second kappa shape index (κ2) is 5.41. The Balaban J connectivity index is 2.71. The molecule has 122 valence electrons. The highest BCUT2D eigenvalue weighted by Gasteiger charge is 2.44. The van der Waals surface area contributed by atoms with E-state index in [1.54, 1.807) is 35.5 Å². The Morgan fingerprint density at radius 2 is 1.95 bits per heavy atom. The summed E-state index contributed by atoms with van der Waals surface area (Å²) in [7, 11) is 5.37. The first kappa shape index (κ1) is 16.5. The highest BCUT2D eigenvalue weighted by molar-refractivity contribution is 5.81. The monoisotopic (exact) mass is 306 g/mol. The number of carbonyl (C=O) groups is 1. The summed E-state index contributed by atoms with van der Waals surface area (Å²) >= 11 is 0. The maximum atomic E-state index is 12.9. The zero-order chi connectivity index (χ0) is 16.8. The van der Waals surface area contributed by atoms with Gasteiger partial charge in [0, 0.05) is 38.8 Å². The zero-order valence-corrected chi connectivity index (χ0v) is 14.6. The van der Waals surface area contributed by atoms with Crippen LogP contribution in [0.1, 0.15) is 44.6 Å². The SMILES string of the molecule is CCN(C)C(=O)C1CC(C)(C)c2c(C)nc(N(C)C)c(=O)n21. The number of anilines is 1. The van der Waals surface area contributed by atoms with Gasteiger partial charge in [-0.05, 0) is 20.3 Å². The first-order valence-electron chi connectivity index (χ1n) is 7.67. The molecule has 1 amide bonds. The summed E-state index contributed by atoms with van der Waals surface area (Å²) in [5, 5.41) is 0. The molecule has 1 unspecified atom stereocenters. The highest BCUT2D eigenvalue weighted by atomic mass is 16.2. The van der Waals surface area contributed by atoms with Crippen LogP contribution in [0.3, 0.4) is 0 Å². The second-order valence-electron chi connectivity index (χ2n) is 6.90. The van der Waals surface area contributed by atoms with Crippen LogP contribution in [0.4, 0.5) is 5.82 Å². The van der Waals surface area contributed by atoms with Crippen molar-refractivity contribution < 1.29 is 4.79 Å². The lowest BCUT2D eigenvalue weighted by atomic mass is 9.85. The molecule has 0 saturated carbocycles. The number of likely N-dealkylation sites (N-methyl/N-ethyl adjacent to an activating group) is 1. The minimum Gasteiger partial charge on any atom is -0.358 e. The molecule has 0 N–H and O–H groups in total. The molecule has 0 bridgehead atoms. The molecule has 0 aromatic carbocycles. The normalized spacial score (nSPS) is 19.0. The van der Waals surface area contributed by atoms with E-state index in [1.807, 2.05) is 13.8 Å². The molecular formula is C16H26N4O2. The minimum atomic E-state index is -0.442. The predicted octanol–water partition coefficient (Wildman–Crippen LogP) is 1.32. The number of hydrogen-bond donors (Lipinski definition) is 0. The van der Waals surface area contributed by atoms with E-state index in [0.717, 1.165) is 11.4 Å². The zero-order valence-electron chi connectivity index (χ0n) is 14.6. The smallest absolute Gasteiger partial charge is 0.294 e. The Bertz CT molecular complexity index is 661. The number of hydrogen-bond acceptors (Lipinski definition) is 4. The number of rotatable bonds is 3. The van der Waals surface area contributed by atoms with Gasteiger partial charge in [0.25, 0.3) is 5.56 Å². The molecule has 0 saturated heterocycles. The van der Waals surface area contributed by atoms with Crippen molar-refractivity contribution in [3.8, 4) is 0 Å². The largest absolute Gasteiger partial charge is 0.358 e. The van der Waals surface area contributed by atoms with Gasteiger partial charge in [-0.1, -0.05) is 13.8 Å². The highest BCUT2D eigenvalue weighted by Crippen LogP contribution is 2.41. The molecule has 2 rings (SSSR count). The summed E-state index contributed by atoms with van der Waals surface area (Å²) < 4.78 is 1.67. The molecule has 1 atom stereocenters. The van der Waals surface area contributed by atoms with Gasteiger partial charge in [-0.25, -0.2) is 4.98 Å². The minimum absolute atomic E-state index is 0.00766. The first-order chi connectivity index (χ1) is 10.1. The van der Waals surface area contributed by atoms with Gasteiger partial charge < -0.3 is 9.80 Å². The lowest BCUT2D eigenvalue weighted by Gasteiger charge is -2.22. The van der Waals surface area contributed by atoms with E-state index in [4.69, 9.17) is 0 Å². The van der Waals surface area contributed by atoms with Crippen LogP contribution in [0.2, 0.25) is 0 Å². The van der Waals surface area contributed by atoms with E-state index < -0.39 is 6.04 Å². The van der Waals surface area contributed by atoms with E-state index in [9.17, 15) is 9.59 Å². The van der Waals surface area contributed by atoms with Crippen molar-refractivity contribution in [1.29, 1.82) is 0 Å². The lowest BCUT2D eigenvalue weighted by molar-refractivity contribution is -0.133. The average molecular weight is 306 g/mol. The molecule has 0 fully saturated rings. The quantitative estimate of drug-likeness (QED) is 0.845. The van der Waals surface area contributed by atoms with Crippen LogP contribution in [-0.4, -0.2) is 48.0 Å². The van der Waals surface area contributed by atoms with Gasteiger partial charge in [-0.3, -0.25) is 14.2 Å². The fourth-order valence-electron chi connectivity index (χ4n) is 3.33. The summed E-state index contributed by atoms with van der Waals surface area (Å²) in [4.78, 5) is 33.4. The molecule has 1 aliphatic heterocycles. The van der Waals surface area contributed by atoms with Crippen molar-refractivity contribution in [3.05, 3.63) is 21.7 Å². The Labute approximate surface area is 131 Å². The van der Waals surface area contributed by atoms with Crippen molar-refractivity contribution in [3.63, 3.8) is 0 Å². The standard InChI is InChI=1S/C16H26N4O2/c1-8-19(7)14(21)11-9-16(3,4)12-10(2)17-13(18(5)6)15(22)20(11)12/h11H,8-9H2,1-7H3. The molecule has 6 nitrogen and oxygen atoms in total. The van der Waals surface area contributed by atoms with Gasteiger partial charge in [0.2, 0.25) is 5.91 Å². The lowest BCUT2D eigenvalue weighted by Crippen LogP contribution is -2.38. The summed E-state index contributed by atoms with van der Waals surface area (Å²) in [6, 6.07) is -0.442. The van der Waals surface area contributed by atoms with Crippen LogP contribution in [0.15, 0.2) is 4.79 Å². The summed E-state index contributed by atoms with van der Waals surface area (Å²) in [6.07, 6.45) is 0.630. The van der Waals surface area contributed by atoms with Crippen LogP contribution in [0.5, 0.6) is 0 Å². The van der Waals surface area contributed by atoms with Gasteiger partial charge in [0.05, 0.1) is 5.69 Å². The third kappa shape index (κ3) is 2.40. The Morgan fingerprint density at radius 3 is 2.45 bits per heavy atom. The Morgan fingerprint density at radius 1 is 1.36 bits per heavy atom. The molecule has 1 aliphatic rings. The van der Waals surface area contributed by atoms with Crippen molar-refractivity contribution in [1.82, 2.24) is 14.5 Å². The van der Waals surface area contributed by atoms with Gasteiger partial charge in [0.15, 0.2) is 5.82 Å². The number of aryl methyl sites for hydroxylation is 1. The molecule has 22 heavy (non-hydrogen) atoms. The Hall–Kier alpha value is -1.85. The fourth-order valence-corrected chi connectivity index (χ4v) is 3.33. The van der Waals surface area contributed by atoms with E-state index >= 15 is 0 Å². The van der Waals surface area contributed by atoms with Crippen LogP contribution in [-0.2, 0) is 10.2 Å². The van der Waals surface area contributed by atoms with E-state index in [2.05, 4.69) is 18.8 Å². The molecule has 0 aliphatic carbocycles. The summed E-state index contributed by atoms with van der Waals surface area (Å²) in [5.41, 5.74) is 1.28. The molecule has 0 spiro atoms. The van der Waals surface area contributed by atoms with E-state index in [1.165, 1.54) is 0 Å². The summed E-state index contributed by atoms with van der Waals surface area (Å²) in [6.45, 7) is 8.62.